The van der Waals surface area contributed by atoms with Crippen LogP contribution in [0.1, 0.15) is 38.2 Å². The lowest BCUT2D eigenvalue weighted by molar-refractivity contribution is -0.0656. The molecular weight excluding hydrogens is 393 g/mol. The molecule has 4 rings (SSSR count). The molecule has 0 saturated carbocycles. The molecule has 2 aromatic rings. The van der Waals surface area contributed by atoms with Gasteiger partial charge in [0.05, 0.1) is 6.54 Å². The minimum atomic E-state index is -1.45. The Morgan fingerprint density at radius 1 is 1.10 bits per heavy atom. The summed E-state index contributed by atoms with van der Waals surface area (Å²) >= 11 is 0. The third-order valence-electron chi connectivity index (χ3n) is 6.87. The molecule has 3 heterocycles. The summed E-state index contributed by atoms with van der Waals surface area (Å²) in [7, 11) is 0. The maximum atomic E-state index is 15.5. The minimum absolute atomic E-state index is 0.130. The summed E-state index contributed by atoms with van der Waals surface area (Å²) in [4.78, 5) is 8.39. The average molecular weight is 426 g/mol. The fourth-order valence-electron chi connectivity index (χ4n) is 4.67. The number of aliphatic hydroxyl groups is 1. The number of hydrogen-bond acceptors (Lipinski definition) is 5. The number of nitrogens with zero attached hydrogens (tertiary/aromatic N) is 5. The Balaban J connectivity index is 1.64. The Bertz CT molecular complexity index is 923. The molecule has 2 atom stereocenters. The average Bonchev–Trinajstić information content (AvgIpc) is 3.27. The molecule has 0 radical (unpaired) electrons. The minimum Gasteiger partial charge on any atom is -0.381 e. The summed E-state index contributed by atoms with van der Waals surface area (Å²) in [6.07, 6.45) is 6.63. The molecule has 7 heteroatoms. The van der Waals surface area contributed by atoms with E-state index in [4.69, 9.17) is 0 Å². The predicted octanol–water partition coefficient (Wildman–Crippen LogP) is 3.50. The van der Waals surface area contributed by atoms with Crippen molar-refractivity contribution in [2.75, 3.05) is 31.1 Å². The van der Waals surface area contributed by atoms with E-state index in [1.807, 2.05) is 13.0 Å². The highest BCUT2D eigenvalue weighted by atomic mass is 19.1. The summed E-state index contributed by atoms with van der Waals surface area (Å²) in [5, 5.41) is 16.1. The van der Waals surface area contributed by atoms with Crippen molar-refractivity contribution in [2.45, 2.75) is 50.8 Å². The molecule has 0 bridgehead atoms. The van der Waals surface area contributed by atoms with Crippen molar-refractivity contribution in [1.82, 2.24) is 19.7 Å². The first kappa shape index (κ1) is 21.7. The molecule has 0 spiro atoms. The topological polar surface area (TPSA) is 57.4 Å². The van der Waals surface area contributed by atoms with Crippen molar-refractivity contribution >= 4 is 5.69 Å². The van der Waals surface area contributed by atoms with Crippen LogP contribution in [0, 0.1) is 5.82 Å². The number of halogens is 1. The highest BCUT2D eigenvalue weighted by Gasteiger charge is 2.42. The van der Waals surface area contributed by atoms with Crippen LogP contribution in [0.3, 0.4) is 0 Å². The van der Waals surface area contributed by atoms with Gasteiger partial charge >= 0.3 is 0 Å². The van der Waals surface area contributed by atoms with Crippen LogP contribution >= 0.6 is 0 Å². The zero-order valence-corrected chi connectivity index (χ0v) is 18.3. The Morgan fingerprint density at radius 3 is 2.32 bits per heavy atom. The van der Waals surface area contributed by atoms with E-state index in [1.165, 1.54) is 17.5 Å². The Kier molecular flexibility index (Phi) is 6.25. The second-order valence-electron chi connectivity index (χ2n) is 8.88. The molecule has 2 saturated heterocycles. The van der Waals surface area contributed by atoms with Crippen LogP contribution in [-0.2, 0) is 12.1 Å². The van der Waals surface area contributed by atoms with Gasteiger partial charge in [-0.25, -0.2) is 14.1 Å². The molecule has 6 nitrogen and oxygen atoms in total. The predicted molar refractivity (Wildman–Crippen MR) is 120 cm³/mol. The Labute approximate surface area is 183 Å². The van der Waals surface area contributed by atoms with Gasteiger partial charge in [0.15, 0.2) is 0 Å². The molecule has 1 aromatic heterocycles. The zero-order valence-electron chi connectivity index (χ0n) is 18.3. The third-order valence-corrected chi connectivity index (χ3v) is 6.87. The van der Waals surface area contributed by atoms with E-state index >= 15 is 4.39 Å². The number of anilines is 1. The third kappa shape index (κ3) is 4.57. The number of benzene rings is 1. The second-order valence-corrected chi connectivity index (χ2v) is 8.88. The Hall–Kier alpha value is -2.51. The van der Waals surface area contributed by atoms with Crippen molar-refractivity contribution in [3.8, 4) is 0 Å². The number of likely N-dealkylation sites (tertiary alicyclic amines) is 1. The van der Waals surface area contributed by atoms with Crippen molar-refractivity contribution in [3.63, 3.8) is 0 Å². The van der Waals surface area contributed by atoms with Crippen LogP contribution in [0.25, 0.3) is 0 Å². The fourth-order valence-corrected chi connectivity index (χ4v) is 4.67. The summed E-state index contributed by atoms with van der Waals surface area (Å²) in [5.74, 6) is -0.391. The van der Waals surface area contributed by atoms with Gasteiger partial charge in [0, 0.05) is 43.5 Å². The van der Waals surface area contributed by atoms with Gasteiger partial charge in [0.2, 0.25) is 0 Å². The van der Waals surface area contributed by atoms with Crippen molar-refractivity contribution in [3.05, 3.63) is 66.5 Å². The first-order valence-electron chi connectivity index (χ1n) is 11.0. The van der Waals surface area contributed by atoms with Gasteiger partial charge in [0.1, 0.15) is 24.1 Å². The summed E-state index contributed by atoms with van der Waals surface area (Å²) in [5.41, 5.74) is 2.16. The second kappa shape index (κ2) is 8.93. The van der Waals surface area contributed by atoms with Crippen molar-refractivity contribution in [2.24, 2.45) is 0 Å². The zero-order chi connectivity index (χ0) is 22.0. The SMILES string of the molecule is C=C1CCN(c2ccc(C(O)(Cn3cncn3)[C@@H](C)N3CCC(=C)CC3)c(F)c2)CC1. The standard InChI is InChI=1S/C24H32FN5O/c1-18-6-10-28(11-7-18)20(3)24(31,15-30-17-26-16-27-30)22-5-4-21(14-23(22)25)29-12-8-19(2)9-13-29/h4-5,14,16-17,20,31H,1-2,6-13,15H2,3H3/t20-,24?/m1/s1. The fraction of sp³-hybridized carbons (Fsp3) is 0.500. The van der Waals surface area contributed by atoms with Gasteiger partial charge in [-0.2, -0.15) is 5.10 Å². The number of piperidine rings is 2. The smallest absolute Gasteiger partial charge is 0.137 e. The molecule has 0 aliphatic carbocycles. The van der Waals surface area contributed by atoms with E-state index in [9.17, 15) is 5.11 Å². The van der Waals surface area contributed by atoms with Crippen LogP contribution in [0.15, 0.2) is 55.2 Å². The molecule has 1 N–H and O–H groups in total. The molecule has 31 heavy (non-hydrogen) atoms. The lowest BCUT2D eigenvalue weighted by Gasteiger charge is -2.43. The largest absolute Gasteiger partial charge is 0.381 e. The van der Waals surface area contributed by atoms with E-state index in [0.717, 1.165) is 57.5 Å². The first-order chi connectivity index (χ1) is 14.9. The van der Waals surface area contributed by atoms with Crippen LogP contribution < -0.4 is 4.90 Å². The maximum absolute atomic E-state index is 15.5. The van der Waals surface area contributed by atoms with E-state index in [-0.39, 0.29) is 12.6 Å². The molecule has 0 amide bonds. The van der Waals surface area contributed by atoms with Crippen LogP contribution in [0.4, 0.5) is 10.1 Å². The Morgan fingerprint density at radius 2 is 1.74 bits per heavy atom. The van der Waals surface area contributed by atoms with Crippen LogP contribution in [-0.4, -0.2) is 57.0 Å². The van der Waals surface area contributed by atoms with Gasteiger partial charge < -0.3 is 10.0 Å². The van der Waals surface area contributed by atoms with E-state index in [2.05, 4.69) is 33.0 Å². The van der Waals surface area contributed by atoms with Gasteiger partial charge in [-0.15, -0.1) is 0 Å². The van der Waals surface area contributed by atoms with Crippen molar-refractivity contribution in [1.29, 1.82) is 0 Å². The monoisotopic (exact) mass is 425 g/mol. The lowest BCUT2D eigenvalue weighted by Crippen LogP contribution is -2.53. The molecule has 2 aliphatic rings. The molecule has 166 valence electrons. The molecular formula is C24H32FN5O. The molecule has 1 aromatic carbocycles. The van der Waals surface area contributed by atoms with E-state index in [1.54, 1.807) is 23.1 Å². The molecule has 2 aliphatic heterocycles. The normalized spacial score (nSPS) is 21.2. The number of rotatable bonds is 6. The molecule has 1 unspecified atom stereocenters. The van der Waals surface area contributed by atoms with E-state index in [0.29, 0.717) is 5.56 Å². The quantitative estimate of drug-likeness (QED) is 0.718. The highest BCUT2D eigenvalue weighted by Crippen LogP contribution is 2.35. The first-order valence-corrected chi connectivity index (χ1v) is 11.0. The number of aromatic nitrogens is 3. The van der Waals surface area contributed by atoms with Gasteiger partial charge in [-0.3, -0.25) is 4.90 Å². The summed E-state index contributed by atoms with van der Waals surface area (Å²) < 4.78 is 17.1. The lowest BCUT2D eigenvalue weighted by atomic mass is 9.84. The molecule has 2 fully saturated rings. The van der Waals surface area contributed by atoms with Crippen molar-refractivity contribution < 1.29 is 9.50 Å². The van der Waals surface area contributed by atoms with Gasteiger partial charge in [-0.05, 0) is 44.7 Å². The maximum Gasteiger partial charge on any atom is 0.137 e. The van der Waals surface area contributed by atoms with E-state index < -0.39 is 11.4 Å². The van der Waals surface area contributed by atoms with Gasteiger partial charge in [0.25, 0.3) is 0 Å². The number of hydrogen-bond donors (Lipinski definition) is 1. The highest BCUT2D eigenvalue weighted by molar-refractivity contribution is 5.50. The van der Waals surface area contributed by atoms with Crippen LogP contribution in [0.5, 0.6) is 0 Å². The summed E-state index contributed by atoms with van der Waals surface area (Å²) in [6.45, 7) is 13.5. The van der Waals surface area contributed by atoms with Gasteiger partial charge in [-0.1, -0.05) is 30.4 Å². The summed E-state index contributed by atoms with van der Waals surface area (Å²) in [6, 6.07) is 4.91. The van der Waals surface area contributed by atoms with Crippen LogP contribution in [0.2, 0.25) is 0 Å².